The van der Waals surface area contributed by atoms with Gasteiger partial charge in [-0.2, -0.15) is 0 Å². The van der Waals surface area contributed by atoms with E-state index >= 15 is 0 Å². The summed E-state index contributed by atoms with van der Waals surface area (Å²) in [5, 5.41) is 2.73. The molecule has 35 heavy (non-hydrogen) atoms. The van der Waals surface area contributed by atoms with Crippen LogP contribution in [-0.4, -0.2) is 23.0 Å². The first-order valence-electron chi connectivity index (χ1n) is 11.1. The van der Waals surface area contributed by atoms with E-state index in [9.17, 15) is 14.0 Å². The van der Waals surface area contributed by atoms with E-state index in [2.05, 4.69) is 15.3 Å². The van der Waals surface area contributed by atoms with Crippen molar-refractivity contribution in [3.8, 4) is 22.9 Å². The van der Waals surface area contributed by atoms with Crippen LogP contribution in [0.1, 0.15) is 29.0 Å². The first-order valence-corrected chi connectivity index (χ1v) is 11.1. The molecule has 0 saturated heterocycles. The van der Waals surface area contributed by atoms with Crippen LogP contribution in [0.4, 0.5) is 10.2 Å². The molecule has 1 atom stereocenters. The summed E-state index contributed by atoms with van der Waals surface area (Å²) in [4.78, 5) is 33.0. The fraction of sp³-hybridized carbons (Fsp3) is 0.148. The Bertz CT molecular complexity index is 1450. The summed E-state index contributed by atoms with van der Waals surface area (Å²) < 4.78 is 25.2. The third-order valence-electron chi connectivity index (χ3n) is 5.93. The molecule has 2 heterocycles. The molecule has 7 nitrogen and oxygen atoms in total. The number of nitrogens with one attached hydrogen (secondary N) is 2. The van der Waals surface area contributed by atoms with Crippen LogP contribution in [0.25, 0.3) is 11.4 Å². The van der Waals surface area contributed by atoms with Crippen molar-refractivity contribution in [1.82, 2.24) is 9.97 Å². The number of anilines is 1. The van der Waals surface area contributed by atoms with Crippen molar-refractivity contribution in [2.45, 2.75) is 18.9 Å². The Morgan fingerprint density at radius 2 is 1.77 bits per heavy atom. The molecule has 1 aliphatic heterocycles. The number of ether oxygens (including phenoxy) is 2. The Kier molecular flexibility index (Phi) is 6.01. The summed E-state index contributed by atoms with van der Waals surface area (Å²) in [5.74, 6) is 0.350. The molecular formula is C27H22FN3O4. The maximum absolute atomic E-state index is 13.9. The summed E-state index contributed by atoms with van der Waals surface area (Å²) in [6.07, 6.45) is 0.0844. The molecule has 4 aromatic rings. The van der Waals surface area contributed by atoms with E-state index in [-0.39, 0.29) is 36.1 Å². The molecule has 0 spiro atoms. The second-order valence-electron chi connectivity index (χ2n) is 8.14. The molecule has 5 rings (SSSR count). The number of carbonyl (C=O) groups excluding carboxylic acids is 1. The van der Waals surface area contributed by atoms with Crippen LogP contribution in [0.3, 0.4) is 0 Å². The number of hydrogen-bond acceptors (Lipinski definition) is 5. The molecule has 1 amide bonds. The van der Waals surface area contributed by atoms with Gasteiger partial charge in [-0.3, -0.25) is 9.59 Å². The van der Waals surface area contributed by atoms with Gasteiger partial charge in [0.1, 0.15) is 24.1 Å². The number of methoxy groups -OCH3 is 1. The molecule has 0 fully saturated rings. The first kappa shape index (κ1) is 22.3. The highest BCUT2D eigenvalue weighted by Crippen LogP contribution is 2.38. The Morgan fingerprint density at radius 1 is 1.00 bits per heavy atom. The lowest BCUT2D eigenvalue weighted by atomic mass is 9.86. The predicted octanol–water partition coefficient (Wildman–Crippen LogP) is 4.64. The average Bonchev–Trinajstić information content (AvgIpc) is 2.88. The van der Waals surface area contributed by atoms with E-state index < -0.39 is 5.92 Å². The van der Waals surface area contributed by atoms with Crippen molar-refractivity contribution in [2.75, 3.05) is 12.4 Å². The minimum absolute atomic E-state index is 0.0307. The van der Waals surface area contributed by atoms with Crippen LogP contribution in [-0.2, 0) is 11.4 Å². The van der Waals surface area contributed by atoms with Crippen LogP contribution >= 0.6 is 0 Å². The number of carbonyl (C=O) groups is 1. The number of fused-ring (bicyclic) bond motifs is 1. The number of amides is 1. The lowest BCUT2D eigenvalue weighted by molar-refractivity contribution is -0.116. The zero-order chi connectivity index (χ0) is 24.4. The first-order chi connectivity index (χ1) is 17.0. The topological polar surface area (TPSA) is 93.3 Å². The highest BCUT2D eigenvalue weighted by atomic mass is 19.1. The maximum atomic E-state index is 13.9. The Morgan fingerprint density at radius 3 is 2.54 bits per heavy atom. The van der Waals surface area contributed by atoms with Crippen LogP contribution in [0.5, 0.6) is 11.5 Å². The molecule has 2 N–H and O–H groups in total. The zero-order valence-corrected chi connectivity index (χ0v) is 18.9. The van der Waals surface area contributed by atoms with Crippen LogP contribution in [0.15, 0.2) is 77.6 Å². The monoisotopic (exact) mass is 471 g/mol. The molecule has 1 unspecified atom stereocenters. The van der Waals surface area contributed by atoms with Gasteiger partial charge >= 0.3 is 0 Å². The quantitative estimate of drug-likeness (QED) is 0.428. The normalized spacial score (nSPS) is 14.7. The molecule has 1 aliphatic rings. The van der Waals surface area contributed by atoms with Gasteiger partial charge in [0.05, 0.1) is 12.7 Å². The van der Waals surface area contributed by atoms with E-state index in [1.807, 2.05) is 30.3 Å². The molecule has 0 bridgehead atoms. The van der Waals surface area contributed by atoms with Crippen LogP contribution in [0, 0.1) is 5.82 Å². The smallest absolute Gasteiger partial charge is 0.257 e. The number of aromatic nitrogens is 2. The van der Waals surface area contributed by atoms with E-state index in [1.54, 1.807) is 36.4 Å². The van der Waals surface area contributed by atoms with E-state index in [4.69, 9.17) is 9.47 Å². The fourth-order valence-corrected chi connectivity index (χ4v) is 4.18. The van der Waals surface area contributed by atoms with Gasteiger partial charge in [-0.1, -0.05) is 54.6 Å². The number of hydrogen-bond donors (Lipinski definition) is 2. The fourth-order valence-electron chi connectivity index (χ4n) is 4.18. The van der Waals surface area contributed by atoms with Gasteiger partial charge in [0.2, 0.25) is 5.91 Å². The highest BCUT2D eigenvalue weighted by Gasteiger charge is 2.31. The standard InChI is InChI=1S/C27H22FN3O4/c1-34-22-13-17(11-12-21(22)35-15-18-9-5-6-10-20(18)28)19-14-23(32)29-26-24(19)27(33)31-25(30-26)16-7-3-2-4-8-16/h2-13,19H,14-15H2,1H3,(H2,29,30,31,32,33). The SMILES string of the molecule is COc1cc(C2CC(=O)Nc3nc(-c4ccccc4)[nH]c(=O)c32)ccc1OCc1ccccc1F. The van der Waals surface area contributed by atoms with Gasteiger partial charge in [-0.25, -0.2) is 9.37 Å². The lowest BCUT2D eigenvalue weighted by Crippen LogP contribution is -2.31. The third-order valence-corrected chi connectivity index (χ3v) is 5.93. The van der Waals surface area contributed by atoms with Gasteiger partial charge < -0.3 is 19.8 Å². The number of halogens is 1. The third kappa shape index (κ3) is 4.50. The summed E-state index contributed by atoms with van der Waals surface area (Å²) >= 11 is 0. The van der Waals surface area contributed by atoms with Crippen LogP contribution in [0.2, 0.25) is 0 Å². The average molecular weight is 471 g/mol. The van der Waals surface area contributed by atoms with Gasteiger partial charge in [-0.05, 0) is 23.8 Å². The number of H-pyrrole nitrogens is 1. The number of rotatable bonds is 6. The van der Waals surface area contributed by atoms with Gasteiger partial charge in [0.25, 0.3) is 5.56 Å². The minimum Gasteiger partial charge on any atom is -0.493 e. The second kappa shape index (κ2) is 9.42. The molecule has 8 heteroatoms. The summed E-state index contributed by atoms with van der Waals surface area (Å²) in [6.45, 7) is 0.0307. The number of aromatic amines is 1. The Labute approximate surface area is 200 Å². The molecule has 0 radical (unpaired) electrons. The van der Waals surface area contributed by atoms with Crippen molar-refractivity contribution >= 4 is 11.7 Å². The van der Waals surface area contributed by atoms with Crippen molar-refractivity contribution in [3.63, 3.8) is 0 Å². The largest absolute Gasteiger partial charge is 0.493 e. The molecule has 0 aliphatic carbocycles. The molecule has 1 aromatic heterocycles. The van der Waals surface area contributed by atoms with E-state index in [1.165, 1.54) is 13.2 Å². The van der Waals surface area contributed by atoms with Gasteiger partial charge in [-0.15, -0.1) is 0 Å². The molecular weight excluding hydrogens is 449 g/mol. The lowest BCUT2D eigenvalue weighted by Gasteiger charge is -2.25. The van der Waals surface area contributed by atoms with Crippen molar-refractivity contribution < 1.29 is 18.7 Å². The van der Waals surface area contributed by atoms with Crippen LogP contribution < -0.4 is 20.3 Å². The highest BCUT2D eigenvalue weighted by molar-refractivity contribution is 5.94. The van der Waals surface area contributed by atoms with E-state index in [0.29, 0.717) is 34.0 Å². The maximum Gasteiger partial charge on any atom is 0.257 e. The zero-order valence-electron chi connectivity index (χ0n) is 18.9. The van der Waals surface area contributed by atoms with Crippen molar-refractivity contribution in [3.05, 3.63) is 106 Å². The Hall–Kier alpha value is -4.46. The minimum atomic E-state index is -0.519. The van der Waals surface area contributed by atoms with Gasteiger partial charge in [0.15, 0.2) is 11.5 Å². The molecule has 176 valence electrons. The summed E-state index contributed by atoms with van der Waals surface area (Å²) in [7, 11) is 1.50. The summed E-state index contributed by atoms with van der Waals surface area (Å²) in [5.41, 5.74) is 1.92. The number of nitrogens with zero attached hydrogens (tertiary/aromatic N) is 1. The van der Waals surface area contributed by atoms with Gasteiger partial charge in [0, 0.05) is 23.5 Å². The van der Waals surface area contributed by atoms with Crippen molar-refractivity contribution in [2.24, 2.45) is 0 Å². The predicted molar refractivity (Wildman–Crippen MR) is 129 cm³/mol. The second-order valence-corrected chi connectivity index (χ2v) is 8.14. The molecule has 3 aromatic carbocycles. The van der Waals surface area contributed by atoms with Crippen molar-refractivity contribution in [1.29, 1.82) is 0 Å². The number of benzene rings is 3. The molecule has 0 saturated carbocycles. The Balaban J connectivity index is 1.48. The summed E-state index contributed by atoms with van der Waals surface area (Å²) in [6, 6.07) is 20.8. The van der Waals surface area contributed by atoms with E-state index in [0.717, 1.165) is 5.56 Å².